The number of nitrogens with zero attached hydrogens (tertiary/aromatic N) is 2. The Balaban J connectivity index is 1.85. The number of fused-ring (bicyclic) bond motifs is 1. The van der Waals surface area contributed by atoms with Crippen molar-refractivity contribution >= 4 is 11.6 Å². The molecule has 0 spiro atoms. The first-order valence-electron chi connectivity index (χ1n) is 9.96. The van der Waals surface area contributed by atoms with Crippen molar-refractivity contribution in [3.8, 4) is 5.75 Å². The third kappa shape index (κ3) is 4.86. The summed E-state index contributed by atoms with van der Waals surface area (Å²) in [6.45, 7) is 4.76. The number of hydrogen-bond donors (Lipinski definition) is 3. The quantitative estimate of drug-likeness (QED) is 0.684. The molecule has 2 aromatic rings. The Morgan fingerprint density at radius 2 is 2.14 bits per heavy atom. The molecule has 0 saturated carbocycles. The molecule has 0 aliphatic carbocycles. The molecular formula is C22H30N4O3. The minimum absolute atomic E-state index is 0.0652. The van der Waals surface area contributed by atoms with Crippen molar-refractivity contribution < 1.29 is 14.6 Å². The van der Waals surface area contributed by atoms with Crippen LogP contribution in [0.15, 0.2) is 36.5 Å². The van der Waals surface area contributed by atoms with Gasteiger partial charge >= 0.3 is 0 Å². The number of rotatable bonds is 6. The van der Waals surface area contributed by atoms with Crippen molar-refractivity contribution in [2.75, 3.05) is 18.6 Å². The molecule has 0 saturated heterocycles. The minimum atomic E-state index is -0.327. The molecule has 7 heteroatoms. The van der Waals surface area contributed by atoms with Crippen LogP contribution in [0, 0.1) is 5.92 Å². The molecular weight excluding hydrogens is 368 g/mol. The number of pyridine rings is 1. The number of nitrogens with one attached hydrogen (secondary N) is 1. The summed E-state index contributed by atoms with van der Waals surface area (Å²) < 4.78 is 5.98. The Hall–Kier alpha value is -2.64. The van der Waals surface area contributed by atoms with Gasteiger partial charge in [0.05, 0.1) is 18.3 Å². The number of anilines is 1. The maximum atomic E-state index is 12.7. The van der Waals surface area contributed by atoms with Gasteiger partial charge in [0.25, 0.3) is 0 Å². The van der Waals surface area contributed by atoms with Gasteiger partial charge in [0.15, 0.2) is 0 Å². The molecule has 1 aromatic carbocycles. The fourth-order valence-electron chi connectivity index (χ4n) is 3.75. The van der Waals surface area contributed by atoms with Crippen LogP contribution in [0.2, 0.25) is 0 Å². The Labute approximate surface area is 171 Å². The summed E-state index contributed by atoms with van der Waals surface area (Å²) in [5.41, 5.74) is 9.41. The molecule has 2 heterocycles. The number of hydrogen-bond acceptors (Lipinski definition) is 6. The second-order valence-electron chi connectivity index (χ2n) is 7.83. The topological polar surface area (TPSA) is 101 Å². The lowest BCUT2D eigenvalue weighted by molar-refractivity contribution is -0.124. The van der Waals surface area contributed by atoms with E-state index in [0.717, 1.165) is 28.3 Å². The summed E-state index contributed by atoms with van der Waals surface area (Å²) >= 11 is 0. The number of aliphatic hydroxyl groups excluding tert-OH is 1. The molecule has 1 aliphatic rings. The first kappa shape index (κ1) is 21.1. The highest BCUT2D eigenvalue weighted by Gasteiger charge is 2.32. The van der Waals surface area contributed by atoms with Crippen LogP contribution in [-0.2, 0) is 24.4 Å². The lowest BCUT2D eigenvalue weighted by atomic mass is 9.95. The number of benzene rings is 1. The average molecular weight is 399 g/mol. The predicted molar refractivity (Wildman–Crippen MR) is 113 cm³/mol. The second-order valence-corrected chi connectivity index (χ2v) is 7.83. The number of likely N-dealkylation sites (N-methyl/N-ethyl adjacent to an activating group) is 1. The van der Waals surface area contributed by atoms with E-state index in [1.807, 2.05) is 56.1 Å². The van der Waals surface area contributed by atoms with Crippen LogP contribution in [0.25, 0.3) is 0 Å². The molecule has 0 unspecified atom stereocenters. The number of amides is 1. The summed E-state index contributed by atoms with van der Waals surface area (Å²) in [5.74, 6) is 0.772. The van der Waals surface area contributed by atoms with E-state index in [9.17, 15) is 9.90 Å². The van der Waals surface area contributed by atoms with E-state index in [1.165, 1.54) is 0 Å². The van der Waals surface area contributed by atoms with Gasteiger partial charge in [-0.05, 0) is 30.0 Å². The van der Waals surface area contributed by atoms with E-state index in [1.54, 1.807) is 6.20 Å². The fraction of sp³-hybridized carbons (Fsp3) is 0.455. The highest BCUT2D eigenvalue weighted by Crippen LogP contribution is 2.31. The smallest absolute Gasteiger partial charge is 0.243 e. The molecule has 0 fully saturated rings. The summed E-state index contributed by atoms with van der Waals surface area (Å²) in [6, 6.07) is 9.14. The zero-order valence-corrected chi connectivity index (χ0v) is 17.3. The normalized spacial score (nSPS) is 19.4. The molecule has 4 N–H and O–H groups in total. The zero-order valence-electron chi connectivity index (χ0n) is 17.3. The maximum absolute atomic E-state index is 12.7. The van der Waals surface area contributed by atoms with Crippen molar-refractivity contribution in [1.29, 1.82) is 0 Å². The van der Waals surface area contributed by atoms with Crippen molar-refractivity contribution in [2.45, 2.75) is 45.5 Å². The van der Waals surface area contributed by atoms with Crippen LogP contribution < -0.4 is 20.7 Å². The van der Waals surface area contributed by atoms with Crippen LogP contribution in [0.4, 0.5) is 5.69 Å². The summed E-state index contributed by atoms with van der Waals surface area (Å²) in [6.07, 6.45) is 2.34. The van der Waals surface area contributed by atoms with Crippen LogP contribution >= 0.6 is 0 Å². The Morgan fingerprint density at radius 3 is 2.76 bits per heavy atom. The monoisotopic (exact) mass is 398 g/mol. The summed E-state index contributed by atoms with van der Waals surface area (Å²) in [4.78, 5) is 19.0. The fourth-order valence-corrected chi connectivity index (χ4v) is 3.75. The highest BCUT2D eigenvalue weighted by atomic mass is 16.5. The van der Waals surface area contributed by atoms with Gasteiger partial charge in [-0.3, -0.25) is 9.78 Å². The van der Waals surface area contributed by atoms with Gasteiger partial charge < -0.3 is 25.8 Å². The molecule has 1 amide bonds. The van der Waals surface area contributed by atoms with Gasteiger partial charge in [0.2, 0.25) is 5.91 Å². The van der Waals surface area contributed by atoms with E-state index in [-0.39, 0.29) is 30.5 Å². The van der Waals surface area contributed by atoms with E-state index in [2.05, 4.69) is 10.3 Å². The number of carbonyl (C=O) groups excluding carboxylic acids is 1. The van der Waals surface area contributed by atoms with Gasteiger partial charge in [-0.1, -0.05) is 26.0 Å². The van der Waals surface area contributed by atoms with Crippen molar-refractivity contribution in [3.63, 3.8) is 0 Å². The van der Waals surface area contributed by atoms with E-state index in [4.69, 9.17) is 10.5 Å². The maximum Gasteiger partial charge on any atom is 0.243 e. The molecule has 1 aliphatic heterocycles. The SMILES string of the molecule is CC(C)[C@H]1C(=O)N[C@H](CO)Cc2ccc(OCc3ccc(CN)nc3)cc2N1C. The van der Waals surface area contributed by atoms with E-state index >= 15 is 0 Å². The number of carbonyl (C=O) groups is 1. The van der Waals surface area contributed by atoms with Gasteiger partial charge in [-0.2, -0.15) is 0 Å². The highest BCUT2D eigenvalue weighted by molar-refractivity contribution is 5.86. The van der Waals surface area contributed by atoms with Crippen molar-refractivity contribution in [1.82, 2.24) is 10.3 Å². The molecule has 0 bridgehead atoms. The van der Waals surface area contributed by atoms with Crippen molar-refractivity contribution in [3.05, 3.63) is 53.3 Å². The number of nitrogens with two attached hydrogens (primary N) is 1. The van der Waals surface area contributed by atoms with Crippen LogP contribution in [-0.4, -0.2) is 41.7 Å². The minimum Gasteiger partial charge on any atom is -0.489 e. The molecule has 0 radical (unpaired) electrons. The van der Waals surface area contributed by atoms with Gasteiger partial charge in [-0.15, -0.1) is 0 Å². The third-order valence-electron chi connectivity index (χ3n) is 5.29. The Bertz CT molecular complexity index is 838. The molecule has 1 aromatic heterocycles. The van der Waals surface area contributed by atoms with Gasteiger partial charge in [0.1, 0.15) is 18.4 Å². The second kappa shape index (κ2) is 9.24. The molecule has 156 valence electrons. The summed E-state index contributed by atoms with van der Waals surface area (Å²) in [7, 11) is 1.93. The van der Waals surface area contributed by atoms with Gasteiger partial charge in [-0.25, -0.2) is 0 Å². The lowest BCUT2D eigenvalue weighted by Crippen LogP contribution is -2.54. The summed E-state index contributed by atoms with van der Waals surface area (Å²) in [5, 5.41) is 12.6. The van der Waals surface area contributed by atoms with Crippen LogP contribution in [0.1, 0.15) is 30.7 Å². The number of aromatic nitrogens is 1. The van der Waals surface area contributed by atoms with Crippen LogP contribution in [0.3, 0.4) is 0 Å². The number of ether oxygens (including phenoxy) is 1. The first-order chi connectivity index (χ1) is 13.9. The van der Waals surface area contributed by atoms with E-state index in [0.29, 0.717) is 19.6 Å². The lowest BCUT2D eigenvalue weighted by Gasteiger charge is -2.37. The Morgan fingerprint density at radius 1 is 1.34 bits per heavy atom. The molecule has 2 atom stereocenters. The third-order valence-corrected chi connectivity index (χ3v) is 5.29. The van der Waals surface area contributed by atoms with E-state index < -0.39 is 0 Å². The van der Waals surface area contributed by atoms with Crippen molar-refractivity contribution in [2.24, 2.45) is 11.7 Å². The largest absolute Gasteiger partial charge is 0.489 e. The Kier molecular flexibility index (Phi) is 6.71. The predicted octanol–water partition coefficient (Wildman–Crippen LogP) is 1.61. The molecule has 29 heavy (non-hydrogen) atoms. The molecule has 3 rings (SSSR count). The number of aliphatic hydroxyl groups is 1. The first-order valence-corrected chi connectivity index (χ1v) is 9.96. The van der Waals surface area contributed by atoms with Crippen LogP contribution in [0.5, 0.6) is 5.75 Å². The molecule has 7 nitrogen and oxygen atoms in total. The van der Waals surface area contributed by atoms with Gasteiger partial charge in [0, 0.05) is 37.1 Å². The zero-order chi connectivity index (χ0) is 21.0. The average Bonchev–Trinajstić information content (AvgIpc) is 2.71. The standard InChI is InChI=1S/C22H30N4O3/c1-14(2)21-22(28)25-18(12-27)8-16-5-7-19(9-20(16)26(21)3)29-13-15-4-6-17(10-23)24-11-15/h4-7,9,11,14,18,21,27H,8,10,12-13,23H2,1-3H3,(H,25,28)/t18-,21-/m0/s1.